The Bertz CT molecular complexity index is 1420. The summed E-state index contributed by atoms with van der Waals surface area (Å²) >= 11 is 0. The van der Waals surface area contributed by atoms with Crippen molar-refractivity contribution < 1.29 is 42.1 Å². The van der Waals surface area contributed by atoms with Gasteiger partial charge in [-0.05, 0) is 77.0 Å². The van der Waals surface area contributed by atoms with Gasteiger partial charge in [0.05, 0.1) is 27.7 Å². The lowest BCUT2D eigenvalue weighted by molar-refractivity contribution is -0.870. The number of ether oxygens (including phenoxy) is 2. The minimum Gasteiger partial charge on any atom is -0.756 e. The van der Waals surface area contributed by atoms with E-state index in [-0.39, 0.29) is 26.1 Å². The summed E-state index contributed by atoms with van der Waals surface area (Å²) in [6, 6.07) is 0. The van der Waals surface area contributed by atoms with E-state index in [1.54, 1.807) is 0 Å². The van der Waals surface area contributed by atoms with Crippen molar-refractivity contribution >= 4 is 19.8 Å². The minimum absolute atomic E-state index is 0.0437. The lowest BCUT2D eigenvalue weighted by Gasteiger charge is -2.28. The molecule has 0 radical (unpaired) electrons. The molecule has 0 heterocycles. The number of esters is 2. The monoisotopic (exact) mass is 928 g/mol. The molecule has 0 aliphatic rings. The molecule has 372 valence electrons. The maximum Gasteiger partial charge on any atom is 0.306 e. The summed E-state index contributed by atoms with van der Waals surface area (Å²) in [5.41, 5.74) is 0. The van der Waals surface area contributed by atoms with Gasteiger partial charge in [-0.3, -0.25) is 14.2 Å². The van der Waals surface area contributed by atoms with E-state index in [0.717, 1.165) is 83.5 Å². The second-order valence-electron chi connectivity index (χ2n) is 17.8. The second kappa shape index (κ2) is 46.1. The van der Waals surface area contributed by atoms with E-state index in [1.165, 1.54) is 70.6 Å². The average Bonchev–Trinajstić information content (AvgIpc) is 3.26. The molecule has 0 aliphatic heterocycles. The van der Waals surface area contributed by atoms with E-state index in [1.807, 2.05) is 21.1 Å². The normalized spacial score (nSPS) is 14.2. The molecule has 65 heavy (non-hydrogen) atoms. The average molecular weight is 928 g/mol. The summed E-state index contributed by atoms with van der Waals surface area (Å²) in [7, 11) is 1.12. The van der Waals surface area contributed by atoms with Crippen LogP contribution in [0.3, 0.4) is 0 Å². The Balaban J connectivity index is 4.36. The highest BCUT2D eigenvalue weighted by molar-refractivity contribution is 7.45. The number of nitrogens with zero attached hydrogens (tertiary/aromatic N) is 1. The molecule has 9 nitrogen and oxygen atoms in total. The van der Waals surface area contributed by atoms with E-state index in [0.29, 0.717) is 17.4 Å². The molecule has 0 fully saturated rings. The zero-order valence-electron chi connectivity index (χ0n) is 41.9. The van der Waals surface area contributed by atoms with Crippen molar-refractivity contribution in [1.82, 2.24) is 0 Å². The van der Waals surface area contributed by atoms with Crippen molar-refractivity contribution in [2.75, 3.05) is 47.5 Å². The Morgan fingerprint density at radius 1 is 0.492 bits per heavy atom. The van der Waals surface area contributed by atoms with Crippen LogP contribution in [-0.4, -0.2) is 70.0 Å². The Morgan fingerprint density at radius 3 is 1.31 bits per heavy atom. The number of likely N-dealkylation sites (N-methyl/N-ethyl adjacent to an activating group) is 1. The Morgan fingerprint density at radius 2 is 0.877 bits per heavy atom. The van der Waals surface area contributed by atoms with Crippen LogP contribution in [0.25, 0.3) is 0 Å². The summed E-state index contributed by atoms with van der Waals surface area (Å²) in [5.74, 6) is -0.889. The number of carbonyl (C=O) groups excluding carboxylic acids is 2. The van der Waals surface area contributed by atoms with Crippen LogP contribution in [-0.2, 0) is 32.7 Å². The maximum atomic E-state index is 12.7. The molecule has 0 aromatic rings. The SMILES string of the molecule is CC/C=C\C/C=C\C/C=C\C/C=C\C/C=C\C/C=C\C/C=C\C/C=C\CCCCC(=O)OC(COC(=O)CCCCCCCCCCCCCCCC)COP(=O)([O-])OCC[N+](C)(C)C. The summed E-state index contributed by atoms with van der Waals surface area (Å²) < 4.78 is 34.0. The van der Waals surface area contributed by atoms with Crippen molar-refractivity contribution in [3.05, 3.63) is 97.2 Å². The molecular formula is C55H94NO8P. The van der Waals surface area contributed by atoms with E-state index in [4.69, 9.17) is 18.5 Å². The summed E-state index contributed by atoms with van der Waals surface area (Å²) in [6.07, 6.45) is 61.6. The van der Waals surface area contributed by atoms with Gasteiger partial charge in [-0.15, -0.1) is 0 Å². The Kier molecular flexibility index (Phi) is 43.9. The third-order valence-electron chi connectivity index (χ3n) is 10.4. The Labute approximate surface area is 398 Å². The first-order valence-electron chi connectivity index (χ1n) is 25.4. The molecule has 0 aliphatic carbocycles. The highest BCUT2D eigenvalue weighted by atomic mass is 31.2. The van der Waals surface area contributed by atoms with Gasteiger partial charge in [0, 0.05) is 12.8 Å². The van der Waals surface area contributed by atoms with Crippen LogP contribution in [0.4, 0.5) is 0 Å². The van der Waals surface area contributed by atoms with Crippen LogP contribution in [0.2, 0.25) is 0 Å². The van der Waals surface area contributed by atoms with Crippen molar-refractivity contribution in [3.8, 4) is 0 Å². The predicted molar refractivity (Wildman–Crippen MR) is 272 cm³/mol. The van der Waals surface area contributed by atoms with Crippen LogP contribution >= 0.6 is 7.82 Å². The van der Waals surface area contributed by atoms with Crippen LogP contribution < -0.4 is 4.89 Å². The zero-order valence-corrected chi connectivity index (χ0v) is 42.8. The predicted octanol–water partition coefficient (Wildman–Crippen LogP) is 14.7. The number of hydrogen-bond donors (Lipinski definition) is 0. The summed E-state index contributed by atoms with van der Waals surface area (Å²) in [6.45, 7) is 4.06. The fourth-order valence-corrected chi connectivity index (χ4v) is 7.16. The number of quaternary nitrogens is 1. The third-order valence-corrected chi connectivity index (χ3v) is 11.3. The van der Waals surface area contributed by atoms with Crippen molar-refractivity contribution in [2.24, 2.45) is 0 Å². The van der Waals surface area contributed by atoms with Crippen LogP contribution in [0.1, 0.15) is 187 Å². The van der Waals surface area contributed by atoms with Gasteiger partial charge in [0.2, 0.25) is 0 Å². The molecule has 0 saturated carbocycles. The fraction of sp³-hybridized carbons (Fsp3) is 0.673. The molecule has 2 unspecified atom stereocenters. The molecule has 0 N–H and O–H groups in total. The molecule has 0 rings (SSSR count). The number of phosphoric acid groups is 1. The molecule has 0 aromatic heterocycles. The third kappa shape index (κ3) is 50.2. The van der Waals surface area contributed by atoms with E-state index in [2.05, 4.69) is 111 Å². The number of rotatable bonds is 45. The van der Waals surface area contributed by atoms with Crippen LogP contribution in [0.15, 0.2) is 97.2 Å². The largest absolute Gasteiger partial charge is 0.756 e. The first kappa shape index (κ1) is 61.9. The highest BCUT2D eigenvalue weighted by Crippen LogP contribution is 2.38. The maximum absolute atomic E-state index is 12.7. The van der Waals surface area contributed by atoms with Crippen molar-refractivity contribution in [2.45, 2.75) is 193 Å². The second-order valence-corrected chi connectivity index (χ2v) is 19.2. The van der Waals surface area contributed by atoms with Gasteiger partial charge in [0.1, 0.15) is 19.8 Å². The number of allylic oxidation sites excluding steroid dienone is 16. The Hall–Kier alpha value is -3.07. The lowest BCUT2D eigenvalue weighted by atomic mass is 10.0. The van der Waals surface area contributed by atoms with Gasteiger partial charge in [-0.25, -0.2) is 0 Å². The number of phosphoric ester groups is 1. The minimum atomic E-state index is -4.65. The van der Waals surface area contributed by atoms with E-state index >= 15 is 0 Å². The number of hydrogen-bond acceptors (Lipinski definition) is 8. The first-order valence-corrected chi connectivity index (χ1v) is 26.9. The van der Waals surface area contributed by atoms with Crippen LogP contribution in [0, 0.1) is 0 Å². The lowest BCUT2D eigenvalue weighted by Crippen LogP contribution is -2.37. The molecule has 0 spiro atoms. The topological polar surface area (TPSA) is 111 Å². The van der Waals surface area contributed by atoms with Gasteiger partial charge >= 0.3 is 11.9 Å². The van der Waals surface area contributed by atoms with Crippen LogP contribution in [0.5, 0.6) is 0 Å². The highest BCUT2D eigenvalue weighted by Gasteiger charge is 2.21. The summed E-state index contributed by atoms with van der Waals surface area (Å²) in [4.78, 5) is 37.7. The van der Waals surface area contributed by atoms with Gasteiger partial charge in [-0.1, -0.05) is 195 Å². The van der Waals surface area contributed by atoms with Crippen molar-refractivity contribution in [3.63, 3.8) is 0 Å². The molecule has 0 amide bonds. The zero-order chi connectivity index (χ0) is 47.8. The van der Waals surface area contributed by atoms with Gasteiger partial charge < -0.3 is 27.9 Å². The number of unbranched alkanes of at least 4 members (excludes halogenated alkanes) is 15. The summed E-state index contributed by atoms with van der Waals surface area (Å²) in [5, 5.41) is 0. The molecule has 0 saturated heterocycles. The molecular weight excluding hydrogens is 834 g/mol. The van der Waals surface area contributed by atoms with E-state index < -0.39 is 32.5 Å². The molecule has 0 aromatic carbocycles. The quantitative estimate of drug-likeness (QED) is 0.0195. The smallest absolute Gasteiger partial charge is 0.306 e. The van der Waals surface area contributed by atoms with Gasteiger partial charge in [-0.2, -0.15) is 0 Å². The standard InChI is InChI=1S/C55H94NO8P/c1-6-8-10-12-14-16-18-20-22-23-24-25-26-27-28-29-30-31-32-33-34-36-38-40-42-44-46-48-55(58)64-53(52-63-65(59,60)62-50-49-56(3,4)5)51-61-54(57)47-45-43-41-39-37-35-21-19-17-15-13-11-9-7-2/h8,10,14,16,20,22,24-25,27-28,30-31,33-34,38,40,53H,6-7,9,11-13,15,17-19,21,23,26,29,32,35-37,39,41-52H2,1-5H3/b10-8-,16-14-,22-20-,25-24-,28-27-,31-30-,34-33-,40-38-. The first-order chi connectivity index (χ1) is 31.5. The fourth-order valence-electron chi connectivity index (χ4n) is 6.43. The van der Waals surface area contributed by atoms with E-state index in [9.17, 15) is 19.0 Å². The van der Waals surface area contributed by atoms with Gasteiger partial charge in [0.25, 0.3) is 7.82 Å². The van der Waals surface area contributed by atoms with Gasteiger partial charge in [0.15, 0.2) is 6.10 Å². The molecule has 2 atom stereocenters. The number of carbonyl (C=O) groups is 2. The molecule has 0 bridgehead atoms. The van der Waals surface area contributed by atoms with Crippen molar-refractivity contribution in [1.29, 1.82) is 0 Å². The molecule has 10 heteroatoms.